The van der Waals surface area contributed by atoms with Gasteiger partial charge in [0, 0.05) is 36.6 Å². The van der Waals surface area contributed by atoms with Gasteiger partial charge in [0.2, 0.25) is 10.0 Å². The highest BCUT2D eigenvalue weighted by molar-refractivity contribution is 7.98. The van der Waals surface area contributed by atoms with E-state index in [2.05, 4.69) is 6.92 Å². The van der Waals surface area contributed by atoms with Gasteiger partial charge in [-0.25, -0.2) is 13.4 Å². The van der Waals surface area contributed by atoms with Crippen molar-refractivity contribution in [2.45, 2.75) is 29.6 Å². The highest BCUT2D eigenvalue weighted by atomic mass is 32.2. The number of sulfonamides is 1. The highest BCUT2D eigenvalue weighted by Gasteiger charge is 2.29. The van der Waals surface area contributed by atoms with Gasteiger partial charge < -0.3 is 4.90 Å². The Bertz CT molecular complexity index is 1280. The average Bonchev–Trinajstić information content (AvgIpc) is 3.28. The van der Waals surface area contributed by atoms with Crippen LogP contribution in [0.25, 0.3) is 10.2 Å². The average molecular weight is 533 g/mol. The van der Waals surface area contributed by atoms with Crippen LogP contribution in [0, 0.1) is 5.92 Å². The second-order valence-electron chi connectivity index (χ2n) is 9.17. The minimum atomic E-state index is -3.56. The van der Waals surface area contributed by atoms with Crippen molar-refractivity contribution < 1.29 is 13.2 Å². The molecule has 7 nitrogen and oxygen atoms in total. The topological polar surface area (TPSA) is 73.8 Å². The molecule has 0 saturated carbocycles. The molecule has 4 rings (SSSR count). The second kappa shape index (κ2) is 11.0. The zero-order valence-electron chi connectivity index (χ0n) is 20.6. The summed E-state index contributed by atoms with van der Waals surface area (Å²) in [6.45, 7) is 4.39. The smallest absolute Gasteiger partial charge is 0.260 e. The number of carbonyl (C=O) groups is 1. The number of likely N-dealkylation sites (N-methyl/N-ethyl adjacent to an activating group) is 1. The molecule has 188 valence electrons. The van der Waals surface area contributed by atoms with Crippen molar-refractivity contribution in [3.8, 4) is 0 Å². The van der Waals surface area contributed by atoms with Gasteiger partial charge in [0.25, 0.3) is 5.91 Å². The van der Waals surface area contributed by atoms with Crippen LogP contribution in [0.15, 0.2) is 52.3 Å². The maximum absolute atomic E-state index is 13.6. The lowest BCUT2D eigenvalue weighted by Crippen LogP contribution is -2.38. The fraction of sp³-hybridized carbons (Fsp3) is 0.440. The van der Waals surface area contributed by atoms with Crippen molar-refractivity contribution in [1.82, 2.24) is 14.2 Å². The monoisotopic (exact) mass is 532 g/mol. The van der Waals surface area contributed by atoms with Crippen LogP contribution >= 0.6 is 23.1 Å². The summed E-state index contributed by atoms with van der Waals surface area (Å²) >= 11 is 3.13. The molecule has 0 atom stereocenters. The van der Waals surface area contributed by atoms with Crippen molar-refractivity contribution in [2.24, 2.45) is 5.92 Å². The molecule has 2 heterocycles. The SMILES string of the molecule is CSc1cccc2sc(N(CCN(C)C)C(=O)c3ccc(S(=O)(=O)N4CCC(C)CC4)cc3)nc12. The Hall–Kier alpha value is -1.98. The van der Waals surface area contributed by atoms with Gasteiger partial charge in [-0.3, -0.25) is 9.69 Å². The lowest BCUT2D eigenvalue weighted by atomic mass is 10.0. The molecule has 1 amide bonds. The van der Waals surface area contributed by atoms with Crippen LogP contribution in [0.3, 0.4) is 0 Å². The predicted molar refractivity (Wildman–Crippen MR) is 145 cm³/mol. The Morgan fingerprint density at radius 3 is 2.43 bits per heavy atom. The molecule has 0 aliphatic carbocycles. The van der Waals surface area contributed by atoms with E-state index in [0.29, 0.717) is 42.8 Å². The lowest BCUT2D eigenvalue weighted by molar-refractivity contribution is 0.0985. The predicted octanol–water partition coefficient (Wildman–Crippen LogP) is 4.65. The van der Waals surface area contributed by atoms with Crippen LogP contribution in [0.4, 0.5) is 5.13 Å². The zero-order valence-corrected chi connectivity index (χ0v) is 23.0. The number of thioether (sulfide) groups is 1. The normalized spacial score (nSPS) is 15.7. The maximum Gasteiger partial charge on any atom is 0.260 e. The molecular formula is C25H32N4O3S3. The number of para-hydroxylation sites is 1. The standard InChI is InChI=1S/C25H32N4O3S3/c1-18-12-14-28(15-13-18)35(31,32)20-10-8-19(9-11-20)24(30)29(17-16-27(2)3)25-26-23-21(33-4)6-5-7-22(23)34-25/h5-11,18H,12-17H2,1-4H3. The first-order valence-electron chi connectivity index (χ1n) is 11.7. The van der Waals surface area contributed by atoms with E-state index in [9.17, 15) is 13.2 Å². The maximum atomic E-state index is 13.6. The summed E-state index contributed by atoms with van der Waals surface area (Å²) in [5.41, 5.74) is 1.35. The molecule has 0 bridgehead atoms. The Morgan fingerprint density at radius 1 is 1.11 bits per heavy atom. The van der Waals surface area contributed by atoms with Crippen LogP contribution in [0.5, 0.6) is 0 Å². The molecular weight excluding hydrogens is 501 g/mol. The van der Waals surface area contributed by atoms with Gasteiger partial charge in [-0.2, -0.15) is 4.31 Å². The van der Waals surface area contributed by atoms with E-state index >= 15 is 0 Å². The van der Waals surface area contributed by atoms with E-state index in [0.717, 1.165) is 28.0 Å². The fourth-order valence-corrected chi connectivity index (χ4v) is 7.19. The number of aromatic nitrogens is 1. The number of hydrogen-bond donors (Lipinski definition) is 0. The zero-order chi connectivity index (χ0) is 25.2. The third-order valence-corrected chi connectivity index (χ3v) is 10.0. The van der Waals surface area contributed by atoms with Gasteiger partial charge in [0.1, 0.15) is 0 Å². The van der Waals surface area contributed by atoms with E-state index < -0.39 is 10.0 Å². The first-order chi connectivity index (χ1) is 16.7. The quantitative estimate of drug-likeness (QED) is 0.393. The number of hydrogen-bond acceptors (Lipinski definition) is 7. The van der Waals surface area contributed by atoms with Crippen molar-refractivity contribution in [3.05, 3.63) is 48.0 Å². The summed E-state index contributed by atoms with van der Waals surface area (Å²) in [4.78, 5) is 23.4. The van der Waals surface area contributed by atoms with Crippen molar-refractivity contribution >= 4 is 54.4 Å². The highest BCUT2D eigenvalue weighted by Crippen LogP contribution is 2.34. The molecule has 1 fully saturated rings. The summed E-state index contributed by atoms with van der Waals surface area (Å²) in [5, 5.41) is 0.646. The van der Waals surface area contributed by atoms with Crippen LogP contribution in [0.1, 0.15) is 30.1 Å². The van der Waals surface area contributed by atoms with E-state index in [1.165, 1.54) is 11.3 Å². The lowest BCUT2D eigenvalue weighted by Gasteiger charge is -2.29. The molecule has 1 saturated heterocycles. The molecule has 0 spiro atoms. The molecule has 0 unspecified atom stereocenters. The van der Waals surface area contributed by atoms with Crippen LogP contribution in [-0.4, -0.2) is 75.0 Å². The fourth-order valence-electron chi connectivity index (χ4n) is 4.08. The molecule has 0 N–H and O–H groups in total. The minimum Gasteiger partial charge on any atom is -0.308 e. The summed E-state index contributed by atoms with van der Waals surface area (Å²) < 4.78 is 28.8. The number of carbonyl (C=O) groups excluding carboxylic acids is 1. The van der Waals surface area contributed by atoms with Crippen LogP contribution < -0.4 is 4.90 Å². The second-order valence-corrected chi connectivity index (χ2v) is 13.0. The van der Waals surface area contributed by atoms with Gasteiger partial charge in [-0.1, -0.05) is 24.3 Å². The number of anilines is 1. The number of benzene rings is 2. The number of piperidine rings is 1. The third-order valence-electron chi connectivity index (χ3n) is 6.32. The summed E-state index contributed by atoms with van der Waals surface area (Å²) in [6.07, 6.45) is 3.76. The molecule has 1 aliphatic heterocycles. The third kappa shape index (κ3) is 5.72. The first kappa shape index (κ1) is 26.1. The first-order valence-corrected chi connectivity index (χ1v) is 15.2. The summed E-state index contributed by atoms with van der Waals surface area (Å²) in [7, 11) is 0.375. The summed E-state index contributed by atoms with van der Waals surface area (Å²) in [5.74, 6) is 0.358. The van der Waals surface area contributed by atoms with Gasteiger partial charge in [-0.05, 0) is 75.5 Å². The number of fused-ring (bicyclic) bond motifs is 1. The van der Waals surface area contributed by atoms with Crippen molar-refractivity contribution in [3.63, 3.8) is 0 Å². The number of thiazole rings is 1. The molecule has 35 heavy (non-hydrogen) atoms. The molecule has 1 aliphatic rings. The number of rotatable bonds is 8. The molecule has 10 heteroatoms. The Labute approximate surface area is 216 Å². The Morgan fingerprint density at radius 2 is 1.80 bits per heavy atom. The Kier molecular flexibility index (Phi) is 8.17. The van der Waals surface area contributed by atoms with Gasteiger partial charge in [0.15, 0.2) is 5.13 Å². The number of nitrogens with zero attached hydrogens (tertiary/aromatic N) is 4. The minimum absolute atomic E-state index is 0.188. The van der Waals surface area contributed by atoms with Crippen LogP contribution in [0.2, 0.25) is 0 Å². The Balaban J connectivity index is 1.61. The molecule has 2 aromatic carbocycles. The van der Waals surface area contributed by atoms with Crippen LogP contribution in [-0.2, 0) is 10.0 Å². The molecule has 1 aromatic heterocycles. The number of amides is 1. The molecule has 3 aromatic rings. The van der Waals surface area contributed by atoms with E-state index in [1.807, 2.05) is 43.5 Å². The van der Waals surface area contributed by atoms with Crippen molar-refractivity contribution in [1.29, 1.82) is 0 Å². The summed E-state index contributed by atoms with van der Waals surface area (Å²) in [6, 6.07) is 12.4. The van der Waals surface area contributed by atoms with Gasteiger partial charge >= 0.3 is 0 Å². The van der Waals surface area contributed by atoms with E-state index in [1.54, 1.807) is 45.2 Å². The van der Waals surface area contributed by atoms with E-state index in [4.69, 9.17) is 4.98 Å². The van der Waals surface area contributed by atoms with Gasteiger partial charge in [-0.15, -0.1) is 11.8 Å². The van der Waals surface area contributed by atoms with Crippen molar-refractivity contribution in [2.75, 3.05) is 51.4 Å². The van der Waals surface area contributed by atoms with E-state index in [-0.39, 0.29) is 10.8 Å². The van der Waals surface area contributed by atoms with Gasteiger partial charge in [0.05, 0.1) is 15.1 Å². The molecule has 0 radical (unpaired) electrons. The largest absolute Gasteiger partial charge is 0.308 e.